The quantitative estimate of drug-likeness (QED) is 0.842. The molecule has 1 aromatic carbocycles. The van der Waals surface area contributed by atoms with Crippen LogP contribution < -0.4 is 4.74 Å². The van der Waals surface area contributed by atoms with E-state index in [-0.39, 0.29) is 18.8 Å². The van der Waals surface area contributed by atoms with Gasteiger partial charge in [-0.3, -0.25) is 4.79 Å². The summed E-state index contributed by atoms with van der Waals surface area (Å²) in [5.74, 6) is -0.858. The smallest absolute Gasteiger partial charge is 0.303 e. The van der Waals surface area contributed by atoms with E-state index in [1.165, 1.54) is 12.1 Å². The number of benzene rings is 1. The van der Waals surface area contributed by atoms with Gasteiger partial charge in [0.2, 0.25) is 0 Å². The zero-order valence-electron chi connectivity index (χ0n) is 7.87. The molecule has 1 N–H and O–H groups in total. The molecule has 0 heterocycles. The minimum Gasteiger partial charge on any atom is -0.492 e. The van der Waals surface area contributed by atoms with Crippen LogP contribution in [0.15, 0.2) is 22.7 Å². The average molecular weight is 277 g/mol. The van der Waals surface area contributed by atoms with Gasteiger partial charge in [0.25, 0.3) is 0 Å². The molecule has 0 unspecified atom stereocenters. The van der Waals surface area contributed by atoms with E-state index in [9.17, 15) is 9.18 Å². The maximum absolute atomic E-state index is 12.8. The van der Waals surface area contributed by atoms with Gasteiger partial charge in [0.1, 0.15) is 11.6 Å². The van der Waals surface area contributed by atoms with Crippen LogP contribution in [-0.4, -0.2) is 17.7 Å². The van der Waals surface area contributed by atoms with Gasteiger partial charge in [0, 0.05) is 12.5 Å². The van der Waals surface area contributed by atoms with Crippen molar-refractivity contribution in [3.05, 3.63) is 28.5 Å². The van der Waals surface area contributed by atoms with Crippen molar-refractivity contribution in [2.75, 3.05) is 6.61 Å². The third-order valence-electron chi connectivity index (χ3n) is 1.69. The maximum atomic E-state index is 12.8. The number of carboxylic acids is 1. The first kappa shape index (κ1) is 12.0. The summed E-state index contributed by atoms with van der Waals surface area (Å²) >= 11 is 3.20. The molecule has 0 aliphatic carbocycles. The number of halogens is 2. The minimum atomic E-state index is -0.864. The lowest BCUT2D eigenvalue weighted by Crippen LogP contribution is -2.02. The summed E-state index contributed by atoms with van der Waals surface area (Å²) in [6, 6.07) is 4.11. The second kappa shape index (κ2) is 5.70. The van der Waals surface area contributed by atoms with Crippen molar-refractivity contribution in [3.63, 3.8) is 0 Å². The number of aliphatic carboxylic acids is 1. The molecule has 0 aromatic heterocycles. The standard InChI is InChI=1S/C10H10BrFO3/c11-8-4-3-7(12)6-9(8)15-5-1-2-10(13)14/h3-4,6H,1-2,5H2,(H,13,14). The molecule has 15 heavy (non-hydrogen) atoms. The number of carboxylic acid groups (broad SMARTS) is 1. The normalized spacial score (nSPS) is 10.0. The van der Waals surface area contributed by atoms with Gasteiger partial charge in [-0.15, -0.1) is 0 Å². The van der Waals surface area contributed by atoms with Crippen LogP contribution in [0.25, 0.3) is 0 Å². The average Bonchev–Trinajstić information content (AvgIpc) is 2.17. The van der Waals surface area contributed by atoms with Crippen molar-refractivity contribution in [1.82, 2.24) is 0 Å². The van der Waals surface area contributed by atoms with Crippen LogP contribution in [0.4, 0.5) is 4.39 Å². The zero-order chi connectivity index (χ0) is 11.3. The molecule has 0 saturated carbocycles. The van der Waals surface area contributed by atoms with Crippen molar-refractivity contribution in [1.29, 1.82) is 0 Å². The second-order valence-corrected chi connectivity index (χ2v) is 3.77. The van der Waals surface area contributed by atoms with Crippen LogP contribution in [0.5, 0.6) is 5.75 Å². The Morgan fingerprint density at radius 1 is 1.53 bits per heavy atom. The molecular formula is C10H10BrFO3. The molecule has 0 radical (unpaired) electrons. The largest absolute Gasteiger partial charge is 0.492 e. The third-order valence-corrected chi connectivity index (χ3v) is 2.34. The number of ether oxygens (including phenoxy) is 1. The monoisotopic (exact) mass is 276 g/mol. The Morgan fingerprint density at radius 2 is 2.27 bits per heavy atom. The summed E-state index contributed by atoms with van der Waals surface area (Å²) in [4.78, 5) is 10.2. The first-order valence-corrected chi connectivity index (χ1v) is 5.18. The summed E-state index contributed by atoms with van der Waals surface area (Å²) < 4.78 is 18.7. The molecule has 0 saturated heterocycles. The van der Waals surface area contributed by atoms with Crippen LogP contribution >= 0.6 is 15.9 Å². The van der Waals surface area contributed by atoms with Crippen molar-refractivity contribution in [3.8, 4) is 5.75 Å². The number of carbonyl (C=O) groups is 1. The predicted molar refractivity (Wildman–Crippen MR) is 56.5 cm³/mol. The van der Waals surface area contributed by atoms with E-state index in [1.807, 2.05) is 0 Å². The second-order valence-electron chi connectivity index (χ2n) is 2.92. The minimum absolute atomic E-state index is 0.0485. The van der Waals surface area contributed by atoms with Gasteiger partial charge in [-0.1, -0.05) is 0 Å². The zero-order valence-corrected chi connectivity index (χ0v) is 9.46. The fourth-order valence-corrected chi connectivity index (χ4v) is 1.35. The number of rotatable bonds is 5. The van der Waals surface area contributed by atoms with Gasteiger partial charge in [-0.2, -0.15) is 0 Å². The van der Waals surface area contributed by atoms with E-state index in [0.717, 1.165) is 0 Å². The lowest BCUT2D eigenvalue weighted by atomic mass is 10.3. The van der Waals surface area contributed by atoms with Crippen LogP contribution in [-0.2, 0) is 4.79 Å². The number of hydrogen-bond acceptors (Lipinski definition) is 2. The number of hydrogen-bond donors (Lipinski definition) is 1. The Kier molecular flexibility index (Phi) is 4.55. The summed E-state index contributed by atoms with van der Waals surface area (Å²) in [6.07, 6.45) is 0.450. The van der Waals surface area contributed by atoms with E-state index in [4.69, 9.17) is 9.84 Å². The molecule has 0 aliphatic rings. The van der Waals surface area contributed by atoms with Crippen molar-refractivity contribution in [2.45, 2.75) is 12.8 Å². The Morgan fingerprint density at radius 3 is 2.93 bits per heavy atom. The Hall–Kier alpha value is -1.10. The highest BCUT2D eigenvalue weighted by molar-refractivity contribution is 9.10. The van der Waals surface area contributed by atoms with Crippen molar-refractivity contribution >= 4 is 21.9 Å². The van der Waals surface area contributed by atoms with E-state index < -0.39 is 5.97 Å². The van der Waals surface area contributed by atoms with Gasteiger partial charge < -0.3 is 9.84 Å². The van der Waals surface area contributed by atoms with Crippen LogP contribution in [0.2, 0.25) is 0 Å². The topological polar surface area (TPSA) is 46.5 Å². The molecular weight excluding hydrogens is 267 g/mol. The maximum Gasteiger partial charge on any atom is 0.303 e. The first-order valence-electron chi connectivity index (χ1n) is 4.39. The summed E-state index contributed by atoms with van der Waals surface area (Å²) in [5.41, 5.74) is 0. The SMILES string of the molecule is O=C(O)CCCOc1cc(F)ccc1Br. The first-order chi connectivity index (χ1) is 7.09. The van der Waals surface area contributed by atoms with Crippen LogP contribution in [0, 0.1) is 5.82 Å². The molecule has 0 amide bonds. The van der Waals surface area contributed by atoms with Gasteiger partial charge in [0.05, 0.1) is 11.1 Å². The lowest BCUT2D eigenvalue weighted by Gasteiger charge is -2.07. The summed E-state index contributed by atoms with van der Waals surface area (Å²) in [7, 11) is 0. The molecule has 3 nitrogen and oxygen atoms in total. The molecule has 5 heteroatoms. The van der Waals surface area contributed by atoms with Gasteiger partial charge in [-0.25, -0.2) is 4.39 Å². The molecule has 82 valence electrons. The molecule has 1 rings (SSSR count). The van der Waals surface area contributed by atoms with E-state index >= 15 is 0 Å². The van der Waals surface area contributed by atoms with Crippen LogP contribution in [0.3, 0.4) is 0 Å². The summed E-state index contributed by atoms with van der Waals surface area (Å²) in [6.45, 7) is 0.258. The molecule has 0 atom stereocenters. The molecule has 0 bridgehead atoms. The third kappa shape index (κ3) is 4.29. The fourth-order valence-electron chi connectivity index (χ4n) is 0.993. The molecule has 1 aromatic rings. The van der Waals surface area contributed by atoms with Gasteiger partial charge in [0.15, 0.2) is 0 Å². The molecule has 0 spiro atoms. The van der Waals surface area contributed by atoms with Gasteiger partial charge in [-0.05, 0) is 34.5 Å². The highest BCUT2D eigenvalue weighted by Gasteiger charge is 2.03. The molecule has 0 aliphatic heterocycles. The van der Waals surface area contributed by atoms with E-state index in [0.29, 0.717) is 16.6 Å². The van der Waals surface area contributed by atoms with Crippen LogP contribution in [0.1, 0.15) is 12.8 Å². The highest BCUT2D eigenvalue weighted by Crippen LogP contribution is 2.25. The highest BCUT2D eigenvalue weighted by atomic mass is 79.9. The molecule has 0 fully saturated rings. The van der Waals surface area contributed by atoms with E-state index in [1.54, 1.807) is 6.07 Å². The summed E-state index contributed by atoms with van der Waals surface area (Å²) in [5, 5.41) is 8.38. The lowest BCUT2D eigenvalue weighted by molar-refractivity contribution is -0.137. The van der Waals surface area contributed by atoms with Crippen molar-refractivity contribution < 1.29 is 19.0 Å². The fraction of sp³-hybridized carbons (Fsp3) is 0.300. The van der Waals surface area contributed by atoms with E-state index in [2.05, 4.69) is 15.9 Å². The Bertz CT molecular complexity index is 355. The predicted octanol–water partition coefficient (Wildman–Crippen LogP) is 2.83. The van der Waals surface area contributed by atoms with Gasteiger partial charge >= 0.3 is 5.97 Å². The Labute approximate surface area is 95.0 Å². The van der Waals surface area contributed by atoms with Crippen molar-refractivity contribution in [2.24, 2.45) is 0 Å². The Balaban J connectivity index is 2.43.